The monoisotopic (exact) mass is 481 g/mol. The molecule has 0 bridgehead atoms. The summed E-state index contributed by atoms with van der Waals surface area (Å²) in [6, 6.07) is 9.24. The zero-order valence-corrected chi connectivity index (χ0v) is 18.7. The van der Waals surface area contributed by atoms with E-state index in [2.05, 4.69) is 15.4 Å². The Morgan fingerprint density at radius 3 is 2.63 bits per heavy atom. The van der Waals surface area contributed by atoms with Crippen molar-refractivity contribution >= 4 is 22.5 Å². The second-order valence-electron chi connectivity index (χ2n) is 8.52. The largest absolute Gasteiger partial charge is 0.416 e. The molecule has 180 valence electrons. The molecule has 0 unspecified atom stereocenters. The SMILES string of the molecule is O=C(Nc1cc(C(F)(F)F)ccc1-n1cccn1)c1ccc2c(=O)n3c(nc2c1)CCCCCC3. The van der Waals surface area contributed by atoms with Crippen molar-refractivity contribution in [1.29, 1.82) is 0 Å². The van der Waals surface area contributed by atoms with Crippen molar-refractivity contribution < 1.29 is 18.0 Å². The number of nitrogens with zero attached hydrogens (tertiary/aromatic N) is 4. The first-order valence-corrected chi connectivity index (χ1v) is 11.4. The van der Waals surface area contributed by atoms with Gasteiger partial charge >= 0.3 is 6.18 Å². The first kappa shape index (κ1) is 22.8. The average molecular weight is 481 g/mol. The van der Waals surface area contributed by atoms with Gasteiger partial charge in [0.2, 0.25) is 0 Å². The molecular formula is C25H22F3N5O2. The van der Waals surface area contributed by atoms with Crippen LogP contribution in [0.2, 0.25) is 0 Å². The van der Waals surface area contributed by atoms with Crippen molar-refractivity contribution in [2.75, 3.05) is 5.32 Å². The molecule has 10 heteroatoms. The molecule has 0 radical (unpaired) electrons. The minimum absolute atomic E-state index is 0.0418. The Morgan fingerprint density at radius 1 is 1.03 bits per heavy atom. The van der Waals surface area contributed by atoms with Crippen LogP contribution < -0.4 is 10.9 Å². The molecule has 1 N–H and O–H groups in total. The third-order valence-electron chi connectivity index (χ3n) is 6.15. The number of carbonyl (C=O) groups excluding carboxylic acids is 1. The minimum atomic E-state index is -4.58. The van der Waals surface area contributed by atoms with Gasteiger partial charge < -0.3 is 5.32 Å². The fraction of sp³-hybridized carbons (Fsp3) is 0.280. The molecule has 2 aromatic heterocycles. The van der Waals surface area contributed by atoms with Gasteiger partial charge in [-0.3, -0.25) is 14.2 Å². The van der Waals surface area contributed by atoms with Crippen molar-refractivity contribution in [3.05, 3.63) is 82.2 Å². The Morgan fingerprint density at radius 2 is 1.86 bits per heavy atom. The van der Waals surface area contributed by atoms with E-state index in [0.29, 0.717) is 29.7 Å². The summed E-state index contributed by atoms with van der Waals surface area (Å²) < 4.78 is 43.1. The molecule has 1 aliphatic heterocycles. The van der Waals surface area contributed by atoms with Gasteiger partial charge in [-0.15, -0.1) is 0 Å². The number of rotatable bonds is 3. The van der Waals surface area contributed by atoms with Crippen LogP contribution in [0.15, 0.2) is 59.7 Å². The van der Waals surface area contributed by atoms with Gasteiger partial charge in [0.1, 0.15) is 5.82 Å². The van der Waals surface area contributed by atoms with E-state index in [1.807, 2.05) is 0 Å². The number of anilines is 1. The quantitative estimate of drug-likeness (QED) is 0.448. The zero-order valence-electron chi connectivity index (χ0n) is 18.7. The molecule has 0 saturated heterocycles. The number of halogens is 3. The predicted molar refractivity (Wildman–Crippen MR) is 125 cm³/mol. The molecule has 0 fully saturated rings. The summed E-state index contributed by atoms with van der Waals surface area (Å²) in [6.45, 7) is 0.616. The third-order valence-corrected chi connectivity index (χ3v) is 6.15. The summed E-state index contributed by atoms with van der Waals surface area (Å²) in [5.74, 6) is 0.0758. The molecule has 1 amide bonds. The van der Waals surface area contributed by atoms with E-state index in [1.165, 1.54) is 29.1 Å². The lowest BCUT2D eigenvalue weighted by Gasteiger charge is -2.17. The summed E-state index contributed by atoms with van der Waals surface area (Å²) in [5.41, 5.74) is -0.210. The normalized spacial score (nSPS) is 14.3. The van der Waals surface area contributed by atoms with E-state index < -0.39 is 17.6 Å². The first-order valence-electron chi connectivity index (χ1n) is 11.4. The number of nitrogens with one attached hydrogen (secondary N) is 1. The van der Waals surface area contributed by atoms with Crippen LogP contribution in [0.5, 0.6) is 0 Å². The molecule has 3 heterocycles. The van der Waals surface area contributed by atoms with Gasteiger partial charge in [0.15, 0.2) is 0 Å². The van der Waals surface area contributed by atoms with E-state index in [-0.39, 0.29) is 22.5 Å². The highest BCUT2D eigenvalue weighted by atomic mass is 19.4. The Hall–Kier alpha value is -3.95. The number of carbonyl (C=O) groups is 1. The Bertz CT molecular complexity index is 1460. The van der Waals surface area contributed by atoms with Crippen molar-refractivity contribution in [2.24, 2.45) is 0 Å². The van der Waals surface area contributed by atoms with E-state index in [0.717, 1.165) is 37.8 Å². The second kappa shape index (κ2) is 9.01. The average Bonchev–Trinajstić information content (AvgIpc) is 3.34. The summed E-state index contributed by atoms with van der Waals surface area (Å²) in [6.07, 6.45) is 3.15. The Kier molecular flexibility index (Phi) is 5.88. The van der Waals surface area contributed by atoms with Crippen LogP contribution in [-0.4, -0.2) is 25.2 Å². The predicted octanol–water partition coefficient (Wildman–Crippen LogP) is 4.97. The molecule has 7 nitrogen and oxygen atoms in total. The van der Waals surface area contributed by atoms with Crippen molar-refractivity contribution in [3.63, 3.8) is 0 Å². The van der Waals surface area contributed by atoms with Gasteiger partial charge in [0.25, 0.3) is 11.5 Å². The van der Waals surface area contributed by atoms with E-state index in [9.17, 15) is 22.8 Å². The number of hydrogen-bond acceptors (Lipinski definition) is 4. The molecule has 35 heavy (non-hydrogen) atoms. The molecular weight excluding hydrogens is 459 g/mol. The Labute approximate surface area is 198 Å². The van der Waals surface area contributed by atoms with Crippen molar-refractivity contribution in [1.82, 2.24) is 19.3 Å². The number of aromatic nitrogens is 4. The highest BCUT2D eigenvalue weighted by molar-refractivity contribution is 6.07. The lowest BCUT2D eigenvalue weighted by molar-refractivity contribution is -0.137. The first-order chi connectivity index (χ1) is 16.8. The molecule has 0 saturated carbocycles. The Balaban J connectivity index is 1.52. The van der Waals surface area contributed by atoms with E-state index in [4.69, 9.17) is 0 Å². The maximum absolute atomic E-state index is 13.3. The van der Waals surface area contributed by atoms with Crippen LogP contribution in [0, 0.1) is 0 Å². The number of aryl methyl sites for hydroxylation is 1. The fourth-order valence-corrected chi connectivity index (χ4v) is 4.35. The second-order valence-corrected chi connectivity index (χ2v) is 8.52. The molecule has 0 spiro atoms. The van der Waals surface area contributed by atoms with Gasteiger partial charge in [-0.2, -0.15) is 18.3 Å². The lowest BCUT2D eigenvalue weighted by Crippen LogP contribution is -2.26. The zero-order chi connectivity index (χ0) is 24.6. The molecule has 2 aromatic carbocycles. The minimum Gasteiger partial charge on any atom is -0.320 e. The maximum atomic E-state index is 13.3. The standard InChI is InChI=1S/C25H22F3N5O2/c26-25(27,28)17-8-10-21(33-13-5-11-29-33)20(15-17)31-23(34)16-7-9-18-19(14-16)30-22-6-3-1-2-4-12-32(22)24(18)35/h5,7-11,13-15H,1-4,6,12H2,(H,31,34). The van der Waals surface area contributed by atoms with Crippen LogP contribution in [0.1, 0.15) is 47.4 Å². The van der Waals surface area contributed by atoms with Crippen LogP contribution in [0.25, 0.3) is 16.6 Å². The summed E-state index contributed by atoms with van der Waals surface area (Å²) in [7, 11) is 0. The van der Waals surface area contributed by atoms with Gasteiger partial charge in [-0.1, -0.05) is 12.8 Å². The highest BCUT2D eigenvalue weighted by Gasteiger charge is 2.31. The van der Waals surface area contributed by atoms with Gasteiger partial charge in [-0.05, 0) is 55.3 Å². The number of benzene rings is 2. The summed E-state index contributed by atoms with van der Waals surface area (Å²) in [4.78, 5) is 30.8. The number of amides is 1. The van der Waals surface area contributed by atoms with Crippen LogP contribution in [0.4, 0.5) is 18.9 Å². The summed E-state index contributed by atoms with van der Waals surface area (Å²) in [5, 5.41) is 7.04. The van der Waals surface area contributed by atoms with Gasteiger partial charge in [-0.25, -0.2) is 9.67 Å². The molecule has 0 atom stereocenters. The maximum Gasteiger partial charge on any atom is 0.416 e. The summed E-state index contributed by atoms with van der Waals surface area (Å²) >= 11 is 0. The molecule has 4 aromatic rings. The highest BCUT2D eigenvalue weighted by Crippen LogP contribution is 2.33. The molecule has 5 rings (SSSR count). The smallest absolute Gasteiger partial charge is 0.320 e. The number of alkyl halides is 3. The van der Waals surface area contributed by atoms with Gasteiger partial charge in [0, 0.05) is 30.9 Å². The third kappa shape index (κ3) is 4.55. The van der Waals surface area contributed by atoms with Crippen LogP contribution in [0.3, 0.4) is 0 Å². The number of fused-ring (bicyclic) bond motifs is 2. The lowest BCUT2D eigenvalue weighted by atomic mass is 10.1. The molecule has 1 aliphatic rings. The van der Waals surface area contributed by atoms with Crippen molar-refractivity contribution in [3.8, 4) is 5.69 Å². The van der Waals surface area contributed by atoms with Crippen LogP contribution >= 0.6 is 0 Å². The van der Waals surface area contributed by atoms with Gasteiger partial charge in [0.05, 0.1) is 27.8 Å². The topological polar surface area (TPSA) is 81.8 Å². The van der Waals surface area contributed by atoms with Crippen LogP contribution in [-0.2, 0) is 19.1 Å². The van der Waals surface area contributed by atoms with Crippen molar-refractivity contribution in [2.45, 2.75) is 44.8 Å². The molecule has 0 aliphatic carbocycles. The fourth-order valence-electron chi connectivity index (χ4n) is 4.35. The van der Waals surface area contributed by atoms with E-state index >= 15 is 0 Å². The number of hydrogen-bond donors (Lipinski definition) is 1. The van der Waals surface area contributed by atoms with E-state index in [1.54, 1.807) is 22.9 Å².